The first-order valence-corrected chi connectivity index (χ1v) is 7.57. The fraction of sp³-hybridized carbons (Fsp3) is 0.438. The van der Waals surface area contributed by atoms with Crippen LogP contribution in [0.3, 0.4) is 0 Å². The van der Waals surface area contributed by atoms with Crippen molar-refractivity contribution < 1.29 is 4.79 Å². The summed E-state index contributed by atoms with van der Waals surface area (Å²) in [5, 5.41) is 3.10. The first kappa shape index (κ1) is 12.6. The van der Waals surface area contributed by atoms with Crippen LogP contribution in [0.15, 0.2) is 30.5 Å². The van der Waals surface area contributed by atoms with Gasteiger partial charge in [-0.1, -0.05) is 12.1 Å². The van der Waals surface area contributed by atoms with Crippen LogP contribution in [0.25, 0.3) is 11.0 Å². The monoisotopic (exact) mass is 282 g/mol. The van der Waals surface area contributed by atoms with Gasteiger partial charge in [0.15, 0.2) is 0 Å². The normalized spacial score (nSPS) is 21.7. The highest BCUT2D eigenvalue weighted by molar-refractivity contribution is 5.81. The van der Waals surface area contributed by atoms with Crippen molar-refractivity contribution in [2.45, 2.75) is 25.3 Å². The van der Waals surface area contributed by atoms with E-state index in [1.54, 1.807) is 0 Å². The van der Waals surface area contributed by atoms with Crippen LogP contribution in [0.5, 0.6) is 0 Å². The summed E-state index contributed by atoms with van der Waals surface area (Å²) in [6.45, 7) is 1.61. The summed E-state index contributed by atoms with van der Waals surface area (Å²) in [5.74, 6) is 1.16. The molecule has 1 saturated carbocycles. The number of nitrogens with zero attached hydrogens (tertiary/aromatic N) is 3. The minimum atomic E-state index is 0.0823. The van der Waals surface area contributed by atoms with Crippen molar-refractivity contribution in [3.05, 3.63) is 30.5 Å². The van der Waals surface area contributed by atoms with Gasteiger partial charge in [-0.3, -0.25) is 9.78 Å². The van der Waals surface area contributed by atoms with E-state index in [9.17, 15) is 4.79 Å². The molecule has 2 aliphatic rings. The molecule has 2 fully saturated rings. The van der Waals surface area contributed by atoms with Crippen molar-refractivity contribution >= 4 is 22.8 Å². The number of carbonyl (C=O) groups is 1. The summed E-state index contributed by atoms with van der Waals surface area (Å²) < 4.78 is 0. The molecule has 2 heterocycles. The standard InChI is InChI=1S/C16H18N4O/c21-16(18-12-5-6-12)11-7-8-20(10-11)15-9-17-13-3-1-2-4-14(13)19-15/h1-4,9,11-12H,5-8,10H2,(H,18,21). The van der Waals surface area contributed by atoms with Crippen molar-refractivity contribution in [3.63, 3.8) is 0 Å². The number of para-hydroxylation sites is 2. The number of hydrogen-bond acceptors (Lipinski definition) is 4. The lowest BCUT2D eigenvalue weighted by Gasteiger charge is -2.17. The maximum absolute atomic E-state index is 12.1. The van der Waals surface area contributed by atoms with Crippen molar-refractivity contribution in [2.75, 3.05) is 18.0 Å². The van der Waals surface area contributed by atoms with Gasteiger partial charge in [-0.2, -0.15) is 0 Å². The lowest BCUT2D eigenvalue weighted by Crippen LogP contribution is -2.34. The van der Waals surface area contributed by atoms with Crippen LogP contribution in [0.1, 0.15) is 19.3 Å². The third-order valence-electron chi connectivity index (χ3n) is 4.24. The Kier molecular flexibility index (Phi) is 2.98. The maximum Gasteiger partial charge on any atom is 0.225 e. The van der Waals surface area contributed by atoms with Crippen molar-refractivity contribution in [3.8, 4) is 0 Å². The number of rotatable bonds is 3. The predicted octanol–water partition coefficient (Wildman–Crippen LogP) is 1.73. The van der Waals surface area contributed by atoms with Crippen LogP contribution >= 0.6 is 0 Å². The quantitative estimate of drug-likeness (QED) is 0.931. The number of carbonyl (C=O) groups excluding carboxylic acids is 1. The van der Waals surface area contributed by atoms with Crippen LogP contribution < -0.4 is 10.2 Å². The molecule has 5 heteroatoms. The molecule has 1 aliphatic carbocycles. The first-order chi connectivity index (χ1) is 10.3. The molecule has 1 amide bonds. The van der Waals surface area contributed by atoms with Gasteiger partial charge in [-0.25, -0.2) is 4.98 Å². The zero-order valence-corrected chi connectivity index (χ0v) is 11.8. The molecular formula is C16H18N4O. The molecule has 1 saturated heterocycles. The van der Waals surface area contributed by atoms with Crippen LogP contribution in [0.2, 0.25) is 0 Å². The van der Waals surface area contributed by atoms with Crippen molar-refractivity contribution in [1.82, 2.24) is 15.3 Å². The van der Waals surface area contributed by atoms with Crippen LogP contribution in [-0.2, 0) is 4.79 Å². The maximum atomic E-state index is 12.1. The summed E-state index contributed by atoms with van der Waals surface area (Å²) in [7, 11) is 0. The number of anilines is 1. The molecule has 0 radical (unpaired) electrons. The van der Waals surface area contributed by atoms with Crippen molar-refractivity contribution in [2.24, 2.45) is 5.92 Å². The highest BCUT2D eigenvalue weighted by atomic mass is 16.2. The van der Waals surface area contributed by atoms with E-state index in [4.69, 9.17) is 0 Å². The van der Waals surface area contributed by atoms with Gasteiger partial charge in [-0.15, -0.1) is 0 Å². The van der Waals surface area contributed by atoms with Crippen LogP contribution in [0, 0.1) is 5.92 Å². The molecule has 108 valence electrons. The first-order valence-electron chi connectivity index (χ1n) is 7.57. The lowest BCUT2D eigenvalue weighted by atomic mass is 10.1. The smallest absolute Gasteiger partial charge is 0.225 e. The number of hydrogen-bond donors (Lipinski definition) is 1. The Hall–Kier alpha value is -2.17. The van der Waals surface area contributed by atoms with Gasteiger partial charge in [-0.05, 0) is 31.4 Å². The number of aromatic nitrogens is 2. The SMILES string of the molecule is O=C(NC1CC1)C1CCN(c2cnc3ccccc3n2)C1. The zero-order chi connectivity index (χ0) is 14.2. The van der Waals surface area contributed by atoms with E-state index >= 15 is 0 Å². The second kappa shape index (κ2) is 4.98. The summed E-state index contributed by atoms with van der Waals surface area (Å²) in [6.07, 6.45) is 4.98. The second-order valence-electron chi connectivity index (χ2n) is 5.93. The third kappa shape index (κ3) is 2.55. The van der Waals surface area contributed by atoms with Gasteiger partial charge < -0.3 is 10.2 Å². The van der Waals surface area contributed by atoms with Gasteiger partial charge in [0.25, 0.3) is 0 Å². The van der Waals surface area contributed by atoms with E-state index in [0.29, 0.717) is 6.04 Å². The molecule has 1 aliphatic heterocycles. The average Bonchev–Trinajstić information content (AvgIpc) is 3.18. The molecule has 1 unspecified atom stereocenters. The topological polar surface area (TPSA) is 58.1 Å². The third-order valence-corrected chi connectivity index (χ3v) is 4.24. The average molecular weight is 282 g/mol. The van der Waals surface area contributed by atoms with Crippen molar-refractivity contribution in [1.29, 1.82) is 0 Å². The summed E-state index contributed by atoms with van der Waals surface area (Å²) in [6, 6.07) is 8.30. The van der Waals surface area contributed by atoms with E-state index in [1.165, 1.54) is 0 Å². The molecule has 1 aromatic carbocycles. The fourth-order valence-electron chi connectivity index (χ4n) is 2.83. The van der Waals surface area contributed by atoms with Gasteiger partial charge in [0.1, 0.15) is 5.82 Å². The number of nitrogens with one attached hydrogen (secondary N) is 1. The Balaban J connectivity index is 1.49. The highest BCUT2D eigenvalue weighted by Gasteiger charge is 2.32. The lowest BCUT2D eigenvalue weighted by molar-refractivity contribution is -0.124. The molecule has 0 bridgehead atoms. The number of amides is 1. The second-order valence-corrected chi connectivity index (χ2v) is 5.93. The minimum Gasteiger partial charge on any atom is -0.354 e. The van der Waals surface area contributed by atoms with E-state index in [-0.39, 0.29) is 11.8 Å². The summed E-state index contributed by atoms with van der Waals surface area (Å²) in [4.78, 5) is 23.4. The Morgan fingerprint density at radius 2 is 2.00 bits per heavy atom. The van der Waals surface area contributed by atoms with Gasteiger partial charge in [0, 0.05) is 19.1 Å². The van der Waals surface area contributed by atoms with Gasteiger partial charge in [0.05, 0.1) is 23.1 Å². The Labute approximate surface area is 123 Å². The number of benzene rings is 1. The molecule has 2 aromatic rings. The van der Waals surface area contributed by atoms with Gasteiger partial charge >= 0.3 is 0 Å². The Bertz CT molecular complexity index is 683. The Morgan fingerprint density at radius 1 is 1.19 bits per heavy atom. The largest absolute Gasteiger partial charge is 0.354 e. The van der Waals surface area contributed by atoms with Crippen LogP contribution in [0.4, 0.5) is 5.82 Å². The predicted molar refractivity (Wildman–Crippen MR) is 81.0 cm³/mol. The van der Waals surface area contributed by atoms with E-state index in [2.05, 4.69) is 20.2 Å². The van der Waals surface area contributed by atoms with E-state index in [0.717, 1.165) is 49.2 Å². The molecule has 0 spiro atoms. The molecule has 1 aromatic heterocycles. The number of fused-ring (bicyclic) bond motifs is 1. The molecule has 1 N–H and O–H groups in total. The van der Waals surface area contributed by atoms with E-state index < -0.39 is 0 Å². The fourth-order valence-corrected chi connectivity index (χ4v) is 2.83. The van der Waals surface area contributed by atoms with Crippen LogP contribution in [-0.4, -0.2) is 35.0 Å². The molecule has 4 rings (SSSR count). The molecule has 5 nitrogen and oxygen atoms in total. The summed E-state index contributed by atoms with van der Waals surface area (Å²) in [5.41, 5.74) is 1.81. The highest BCUT2D eigenvalue weighted by Crippen LogP contribution is 2.25. The minimum absolute atomic E-state index is 0.0823. The van der Waals surface area contributed by atoms with Gasteiger partial charge in [0.2, 0.25) is 5.91 Å². The molecule has 1 atom stereocenters. The van der Waals surface area contributed by atoms with E-state index in [1.807, 2.05) is 30.5 Å². The summed E-state index contributed by atoms with van der Waals surface area (Å²) >= 11 is 0. The Morgan fingerprint density at radius 3 is 2.81 bits per heavy atom. The molecule has 21 heavy (non-hydrogen) atoms. The zero-order valence-electron chi connectivity index (χ0n) is 11.8. The molecular weight excluding hydrogens is 264 g/mol.